The van der Waals surface area contributed by atoms with E-state index in [-0.39, 0.29) is 0 Å². The first-order valence-corrected chi connectivity index (χ1v) is 7.28. The van der Waals surface area contributed by atoms with Crippen molar-refractivity contribution in [2.75, 3.05) is 6.54 Å². The van der Waals surface area contributed by atoms with Crippen LogP contribution in [0.4, 0.5) is 0 Å². The zero-order chi connectivity index (χ0) is 15.5. The number of aryl methyl sites for hydroxylation is 1. The van der Waals surface area contributed by atoms with Gasteiger partial charge in [0.2, 0.25) is 6.29 Å². The molecule has 1 rings (SSSR count). The van der Waals surface area contributed by atoms with Crippen molar-refractivity contribution in [1.82, 2.24) is 5.32 Å². The fraction of sp³-hybridized carbons (Fsp3) is 0.500. The second kappa shape index (κ2) is 10.1. The second-order valence-electron chi connectivity index (χ2n) is 5.04. The Labute approximate surface area is 125 Å². The molecule has 115 valence electrons. The van der Waals surface area contributed by atoms with Gasteiger partial charge in [-0.1, -0.05) is 36.8 Å². The molecule has 0 aliphatic carbocycles. The highest BCUT2D eigenvalue weighted by molar-refractivity contribution is 5.74. The van der Waals surface area contributed by atoms with Crippen LogP contribution in [0.25, 0.3) is 0 Å². The summed E-state index contributed by atoms with van der Waals surface area (Å²) in [6.45, 7) is 0.571. The lowest BCUT2D eigenvalue weighted by molar-refractivity contribution is -0.139. The fourth-order valence-electron chi connectivity index (χ4n) is 2.15. The summed E-state index contributed by atoms with van der Waals surface area (Å²) in [5.74, 6) is -0.940. The van der Waals surface area contributed by atoms with E-state index >= 15 is 0 Å². The summed E-state index contributed by atoms with van der Waals surface area (Å²) in [6.07, 6.45) is 5.14. The number of carbonyl (C=O) groups excluding carboxylic acids is 1. The van der Waals surface area contributed by atoms with Crippen molar-refractivity contribution in [3.63, 3.8) is 0 Å². The van der Waals surface area contributed by atoms with Crippen LogP contribution in [0.3, 0.4) is 0 Å². The van der Waals surface area contributed by atoms with Gasteiger partial charge in [0.05, 0.1) is 6.04 Å². The topological polar surface area (TPSA) is 92.4 Å². The Morgan fingerprint density at radius 2 is 1.95 bits per heavy atom. The lowest BCUT2D eigenvalue weighted by Gasteiger charge is -2.18. The van der Waals surface area contributed by atoms with Crippen molar-refractivity contribution in [3.8, 4) is 0 Å². The van der Waals surface area contributed by atoms with E-state index in [2.05, 4.69) is 5.32 Å². The molecule has 1 aromatic carbocycles. The SMILES string of the molecule is NCCCC[C@@H]([C]=O)N[C@@H](CCc1ccccc1)C(=O)O. The minimum atomic E-state index is -0.940. The molecule has 0 unspecified atom stereocenters. The first kappa shape index (κ1) is 17.3. The summed E-state index contributed by atoms with van der Waals surface area (Å²) in [6, 6.07) is 8.40. The Morgan fingerprint density at radius 3 is 2.52 bits per heavy atom. The van der Waals surface area contributed by atoms with E-state index in [1.54, 1.807) is 0 Å². The minimum Gasteiger partial charge on any atom is -0.480 e. The van der Waals surface area contributed by atoms with E-state index < -0.39 is 18.1 Å². The zero-order valence-corrected chi connectivity index (χ0v) is 12.1. The van der Waals surface area contributed by atoms with Crippen molar-refractivity contribution in [3.05, 3.63) is 35.9 Å². The Balaban J connectivity index is 2.48. The summed E-state index contributed by atoms with van der Waals surface area (Å²) in [5.41, 5.74) is 6.49. The molecule has 5 nitrogen and oxygen atoms in total. The van der Waals surface area contributed by atoms with E-state index in [4.69, 9.17) is 5.73 Å². The van der Waals surface area contributed by atoms with Gasteiger partial charge < -0.3 is 10.8 Å². The van der Waals surface area contributed by atoms with Crippen LogP contribution < -0.4 is 11.1 Å². The van der Waals surface area contributed by atoms with Crippen LogP contribution in [0.5, 0.6) is 0 Å². The smallest absolute Gasteiger partial charge is 0.320 e. The fourth-order valence-corrected chi connectivity index (χ4v) is 2.15. The van der Waals surface area contributed by atoms with E-state index in [0.717, 1.165) is 18.4 Å². The molecule has 0 aliphatic rings. The predicted octanol–water partition coefficient (Wildman–Crippen LogP) is 1.27. The molecule has 4 N–H and O–H groups in total. The number of unbranched alkanes of at least 4 members (excludes halogenated alkanes) is 1. The summed E-state index contributed by atoms with van der Waals surface area (Å²) in [7, 11) is 0. The van der Waals surface area contributed by atoms with Crippen molar-refractivity contribution in [1.29, 1.82) is 0 Å². The maximum absolute atomic E-state index is 11.3. The monoisotopic (exact) mass is 291 g/mol. The van der Waals surface area contributed by atoms with Crippen molar-refractivity contribution < 1.29 is 14.7 Å². The number of aliphatic carboxylic acids is 1. The van der Waals surface area contributed by atoms with Gasteiger partial charge in [-0.05, 0) is 37.8 Å². The van der Waals surface area contributed by atoms with Gasteiger partial charge in [0.1, 0.15) is 6.04 Å². The van der Waals surface area contributed by atoms with Crippen LogP contribution in [0.1, 0.15) is 31.2 Å². The summed E-state index contributed by atoms with van der Waals surface area (Å²) >= 11 is 0. The van der Waals surface area contributed by atoms with E-state index in [1.165, 1.54) is 0 Å². The molecule has 1 aromatic rings. The first-order chi connectivity index (χ1) is 10.2. The Kier molecular flexibility index (Phi) is 8.31. The van der Waals surface area contributed by atoms with Crippen LogP contribution in [0.2, 0.25) is 0 Å². The van der Waals surface area contributed by atoms with Crippen molar-refractivity contribution >= 4 is 12.3 Å². The van der Waals surface area contributed by atoms with Gasteiger partial charge in [-0.3, -0.25) is 14.9 Å². The molecule has 0 aromatic heterocycles. The lowest BCUT2D eigenvalue weighted by Crippen LogP contribution is -2.44. The van der Waals surface area contributed by atoms with Gasteiger partial charge in [-0.2, -0.15) is 0 Å². The van der Waals surface area contributed by atoms with Crippen LogP contribution >= 0.6 is 0 Å². The number of benzene rings is 1. The molecule has 1 radical (unpaired) electrons. The number of nitrogens with two attached hydrogens (primary N) is 1. The molecular weight excluding hydrogens is 268 g/mol. The molecule has 0 fully saturated rings. The standard InChI is InChI=1S/C16H23N2O3/c17-11-5-4-8-14(12-19)18-15(16(20)21)10-9-13-6-2-1-3-7-13/h1-3,6-7,14-15,18H,4-5,8-11,17H2,(H,20,21)/t14-,15-/m0/s1. The number of hydrogen-bond acceptors (Lipinski definition) is 4. The van der Waals surface area contributed by atoms with Crippen LogP contribution in [-0.4, -0.2) is 36.0 Å². The van der Waals surface area contributed by atoms with Crippen LogP contribution in [-0.2, 0) is 16.0 Å². The number of carboxylic acids is 1. The van der Waals surface area contributed by atoms with Gasteiger partial charge >= 0.3 is 5.97 Å². The van der Waals surface area contributed by atoms with Gasteiger partial charge in [0.25, 0.3) is 0 Å². The number of carbonyl (C=O) groups is 1. The summed E-state index contributed by atoms with van der Waals surface area (Å²) < 4.78 is 0. The van der Waals surface area contributed by atoms with Gasteiger partial charge in [0.15, 0.2) is 0 Å². The Morgan fingerprint density at radius 1 is 1.24 bits per heavy atom. The number of carboxylic acid groups (broad SMARTS) is 1. The van der Waals surface area contributed by atoms with Crippen LogP contribution in [0, 0.1) is 0 Å². The van der Waals surface area contributed by atoms with E-state index in [1.807, 2.05) is 36.6 Å². The third-order valence-electron chi connectivity index (χ3n) is 3.35. The number of rotatable bonds is 11. The van der Waals surface area contributed by atoms with E-state index in [9.17, 15) is 14.7 Å². The lowest BCUT2D eigenvalue weighted by atomic mass is 10.0. The Bertz CT molecular complexity index is 423. The molecule has 0 saturated heterocycles. The van der Waals surface area contributed by atoms with Gasteiger partial charge in [-0.15, -0.1) is 0 Å². The highest BCUT2D eigenvalue weighted by atomic mass is 16.4. The molecule has 21 heavy (non-hydrogen) atoms. The van der Waals surface area contributed by atoms with Crippen molar-refractivity contribution in [2.45, 2.75) is 44.2 Å². The molecule has 0 bridgehead atoms. The predicted molar refractivity (Wildman–Crippen MR) is 81.7 cm³/mol. The maximum Gasteiger partial charge on any atom is 0.320 e. The molecule has 0 heterocycles. The molecule has 0 saturated carbocycles. The highest BCUT2D eigenvalue weighted by Gasteiger charge is 2.21. The third-order valence-corrected chi connectivity index (χ3v) is 3.35. The molecule has 5 heteroatoms. The first-order valence-electron chi connectivity index (χ1n) is 7.28. The molecule has 2 atom stereocenters. The highest BCUT2D eigenvalue weighted by Crippen LogP contribution is 2.07. The van der Waals surface area contributed by atoms with Gasteiger partial charge in [0, 0.05) is 0 Å². The quantitative estimate of drug-likeness (QED) is 0.534. The van der Waals surface area contributed by atoms with Gasteiger partial charge in [-0.25, -0.2) is 0 Å². The largest absolute Gasteiger partial charge is 0.480 e. The molecule has 0 amide bonds. The summed E-state index contributed by atoms with van der Waals surface area (Å²) in [4.78, 5) is 22.2. The van der Waals surface area contributed by atoms with Crippen molar-refractivity contribution in [2.24, 2.45) is 5.73 Å². The minimum absolute atomic E-state index is 0.439. The molecule has 0 spiro atoms. The third kappa shape index (κ3) is 7.02. The average molecular weight is 291 g/mol. The number of nitrogens with one attached hydrogen (secondary N) is 1. The molecule has 0 aliphatic heterocycles. The molecular formula is C16H23N2O3. The average Bonchev–Trinajstić information content (AvgIpc) is 2.50. The summed E-state index contributed by atoms with van der Waals surface area (Å²) in [5, 5.41) is 12.1. The van der Waals surface area contributed by atoms with Crippen LogP contribution in [0.15, 0.2) is 30.3 Å². The Hall–Kier alpha value is -1.72. The second-order valence-corrected chi connectivity index (χ2v) is 5.04. The number of hydrogen-bond donors (Lipinski definition) is 3. The maximum atomic E-state index is 11.3. The normalized spacial score (nSPS) is 13.6. The zero-order valence-electron chi connectivity index (χ0n) is 12.1. The van der Waals surface area contributed by atoms with E-state index in [0.29, 0.717) is 25.8 Å².